The number of nitrogens with zero attached hydrogens (tertiary/aromatic N) is 6. The maximum Gasteiger partial charge on any atom is 0.397 e. The Morgan fingerprint density at radius 2 is 1.94 bits per heavy atom. The van der Waals surface area contributed by atoms with Crippen molar-refractivity contribution in [3.8, 4) is 28.9 Å². The minimum atomic E-state index is -0.726. The predicted molar refractivity (Wildman–Crippen MR) is 125 cm³/mol. The molecule has 1 amide bonds. The lowest BCUT2D eigenvalue weighted by molar-refractivity contribution is 0.0470. The first-order chi connectivity index (χ1) is 17.3. The van der Waals surface area contributed by atoms with Gasteiger partial charge in [0, 0.05) is 30.9 Å². The van der Waals surface area contributed by atoms with Crippen molar-refractivity contribution in [3.63, 3.8) is 0 Å². The van der Waals surface area contributed by atoms with E-state index in [1.165, 1.54) is 12.4 Å². The molecule has 0 unspecified atom stereocenters. The molecule has 4 aromatic rings. The Bertz CT molecular complexity index is 1360. The highest BCUT2D eigenvalue weighted by Crippen LogP contribution is 2.28. The number of aromatic nitrogens is 6. The summed E-state index contributed by atoms with van der Waals surface area (Å²) in [6.45, 7) is 5.59. The third-order valence-corrected chi connectivity index (χ3v) is 4.42. The smallest absolute Gasteiger partial charge is 0.397 e. The van der Waals surface area contributed by atoms with Gasteiger partial charge in [0.2, 0.25) is 11.7 Å². The highest BCUT2D eigenvalue weighted by Gasteiger charge is 2.18. The van der Waals surface area contributed by atoms with Crippen LogP contribution >= 0.6 is 0 Å². The van der Waals surface area contributed by atoms with Gasteiger partial charge in [-0.15, -0.1) is 0 Å². The summed E-state index contributed by atoms with van der Waals surface area (Å²) in [6.07, 6.45) is 4.30. The van der Waals surface area contributed by atoms with E-state index in [-0.39, 0.29) is 41.9 Å². The molecule has 13 nitrogen and oxygen atoms in total. The van der Waals surface area contributed by atoms with Crippen molar-refractivity contribution in [3.05, 3.63) is 54.3 Å². The molecule has 4 rings (SSSR count). The molecule has 0 aliphatic rings. The minimum absolute atomic E-state index is 0.0675. The maximum atomic E-state index is 12.8. The number of carbonyl (C=O) groups excluding carboxylic acids is 2. The van der Waals surface area contributed by atoms with E-state index in [1.54, 1.807) is 49.1 Å². The fourth-order valence-corrected chi connectivity index (χ4v) is 2.98. The number of esters is 1. The van der Waals surface area contributed by atoms with Crippen LogP contribution in [0.3, 0.4) is 0 Å². The van der Waals surface area contributed by atoms with Crippen molar-refractivity contribution in [1.82, 2.24) is 29.9 Å². The molecule has 13 heteroatoms. The van der Waals surface area contributed by atoms with Gasteiger partial charge in [0.15, 0.2) is 5.82 Å². The Morgan fingerprint density at radius 1 is 1.14 bits per heavy atom. The molecule has 36 heavy (non-hydrogen) atoms. The van der Waals surface area contributed by atoms with Gasteiger partial charge in [-0.25, -0.2) is 14.8 Å². The van der Waals surface area contributed by atoms with Gasteiger partial charge >= 0.3 is 11.9 Å². The van der Waals surface area contributed by atoms with Crippen LogP contribution in [0, 0.1) is 0 Å². The third-order valence-electron chi connectivity index (χ3n) is 4.42. The molecule has 0 bridgehead atoms. The van der Waals surface area contributed by atoms with Crippen molar-refractivity contribution in [2.75, 3.05) is 11.9 Å². The maximum absolute atomic E-state index is 12.8. The van der Waals surface area contributed by atoms with Crippen LogP contribution in [-0.2, 0) is 11.8 Å². The molecule has 0 saturated carbocycles. The van der Waals surface area contributed by atoms with Crippen LogP contribution in [0.2, 0.25) is 0 Å². The summed E-state index contributed by atoms with van der Waals surface area (Å²) in [5.41, 5.74) is 0.561. The van der Waals surface area contributed by atoms with Gasteiger partial charge in [-0.3, -0.25) is 9.48 Å². The fraction of sp³-hybridized carbons (Fsp3) is 0.261. The van der Waals surface area contributed by atoms with Crippen molar-refractivity contribution in [1.29, 1.82) is 0 Å². The van der Waals surface area contributed by atoms with Crippen molar-refractivity contribution in [2.45, 2.75) is 26.9 Å². The zero-order valence-corrected chi connectivity index (χ0v) is 20.0. The average Bonchev–Trinajstić information content (AvgIpc) is 3.48. The molecular formula is C23H23N7O6. The standard InChI is InChI=1S/C23H23N7O6/c1-5-33-23(32)22-27-20(29-36-22)17-11-25-19(12-24-17)35-16-9-14(8-15(10-16)34-13(2)3)21(31)26-18-6-7-30(4)28-18/h6-13H,5H2,1-4H3,(H,26,28,31). The van der Waals surface area contributed by atoms with E-state index >= 15 is 0 Å². The summed E-state index contributed by atoms with van der Waals surface area (Å²) in [6, 6.07) is 6.47. The van der Waals surface area contributed by atoms with Crippen molar-refractivity contribution in [2.24, 2.45) is 7.05 Å². The third kappa shape index (κ3) is 6.00. The van der Waals surface area contributed by atoms with Crippen LogP contribution in [-0.4, -0.2) is 54.5 Å². The van der Waals surface area contributed by atoms with E-state index in [1.807, 2.05) is 13.8 Å². The summed E-state index contributed by atoms with van der Waals surface area (Å²) in [7, 11) is 1.75. The van der Waals surface area contributed by atoms with E-state index in [9.17, 15) is 9.59 Å². The molecule has 0 saturated heterocycles. The summed E-state index contributed by atoms with van der Waals surface area (Å²) in [5, 5.41) is 10.6. The number of carbonyl (C=O) groups is 2. The van der Waals surface area contributed by atoms with Gasteiger partial charge in [0.25, 0.3) is 5.91 Å². The molecule has 1 N–H and O–H groups in total. The fourth-order valence-electron chi connectivity index (χ4n) is 2.98. The summed E-state index contributed by atoms with van der Waals surface area (Å²) in [4.78, 5) is 36.9. The van der Waals surface area contributed by atoms with Gasteiger partial charge in [0.05, 0.1) is 25.1 Å². The van der Waals surface area contributed by atoms with Crippen molar-refractivity contribution >= 4 is 17.7 Å². The molecule has 0 aliphatic heterocycles. The van der Waals surface area contributed by atoms with Gasteiger partial charge < -0.3 is 24.1 Å². The first-order valence-electron chi connectivity index (χ1n) is 10.9. The lowest BCUT2D eigenvalue weighted by Gasteiger charge is -2.13. The number of hydrogen-bond donors (Lipinski definition) is 1. The number of hydrogen-bond acceptors (Lipinski definition) is 11. The van der Waals surface area contributed by atoms with E-state index < -0.39 is 5.97 Å². The van der Waals surface area contributed by atoms with Gasteiger partial charge in [-0.05, 0) is 32.9 Å². The topological polar surface area (TPSA) is 156 Å². The second-order valence-corrected chi connectivity index (χ2v) is 7.67. The van der Waals surface area contributed by atoms with E-state index in [0.29, 0.717) is 22.9 Å². The largest absolute Gasteiger partial charge is 0.491 e. The molecule has 0 fully saturated rings. The monoisotopic (exact) mass is 493 g/mol. The zero-order valence-electron chi connectivity index (χ0n) is 20.0. The number of nitrogens with one attached hydrogen (secondary N) is 1. The molecule has 3 aromatic heterocycles. The van der Waals surface area contributed by atoms with E-state index in [0.717, 1.165) is 0 Å². The molecule has 3 heterocycles. The number of ether oxygens (including phenoxy) is 3. The number of amides is 1. The van der Waals surface area contributed by atoms with Crippen molar-refractivity contribution < 1.29 is 28.3 Å². The van der Waals surface area contributed by atoms with Crippen LogP contribution < -0.4 is 14.8 Å². The normalized spacial score (nSPS) is 10.8. The lowest BCUT2D eigenvalue weighted by Crippen LogP contribution is -2.13. The minimum Gasteiger partial charge on any atom is -0.491 e. The molecule has 186 valence electrons. The number of anilines is 1. The van der Waals surface area contributed by atoms with E-state index in [2.05, 4.69) is 30.5 Å². The number of aryl methyl sites for hydroxylation is 1. The second-order valence-electron chi connectivity index (χ2n) is 7.67. The Labute approximate surface area is 205 Å². The Morgan fingerprint density at radius 3 is 2.61 bits per heavy atom. The van der Waals surface area contributed by atoms with Crippen LogP contribution in [0.4, 0.5) is 5.82 Å². The van der Waals surface area contributed by atoms with Crippen LogP contribution in [0.15, 0.2) is 47.4 Å². The summed E-state index contributed by atoms with van der Waals surface area (Å²) >= 11 is 0. The molecular weight excluding hydrogens is 470 g/mol. The zero-order chi connectivity index (χ0) is 25.7. The first kappa shape index (κ1) is 24.3. The molecule has 0 aliphatic carbocycles. The predicted octanol–water partition coefficient (Wildman–Crippen LogP) is 3.27. The lowest BCUT2D eigenvalue weighted by atomic mass is 10.2. The Hall–Kier alpha value is -4.81. The number of rotatable bonds is 9. The molecule has 0 atom stereocenters. The summed E-state index contributed by atoms with van der Waals surface area (Å²) in [5.74, 6) is -0.0218. The average molecular weight is 493 g/mol. The van der Waals surface area contributed by atoms with Crippen LogP contribution in [0.25, 0.3) is 11.5 Å². The quantitative estimate of drug-likeness (QED) is 0.341. The SMILES string of the molecule is CCOC(=O)c1nc(-c2cnc(Oc3cc(OC(C)C)cc(C(=O)Nc4ccn(C)n4)c3)cn2)no1. The second kappa shape index (κ2) is 10.6. The van der Waals surface area contributed by atoms with Gasteiger partial charge in [-0.1, -0.05) is 5.16 Å². The highest BCUT2D eigenvalue weighted by atomic mass is 16.6. The van der Waals surface area contributed by atoms with Gasteiger partial charge in [-0.2, -0.15) is 10.1 Å². The van der Waals surface area contributed by atoms with Crippen LogP contribution in [0.1, 0.15) is 41.8 Å². The number of benzene rings is 1. The Balaban J connectivity index is 1.52. The first-order valence-corrected chi connectivity index (χ1v) is 10.9. The summed E-state index contributed by atoms with van der Waals surface area (Å²) < 4.78 is 22.9. The van der Waals surface area contributed by atoms with Crippen LogP contribution in [0.5, 0.6) is 17.4 Å². The molecule has 0 radical (unpaired) electrons. The van der Waals surface area contributed by atoms with E-state index in [4.69, 9.17) is 18.7 Å². The molecule has 0 spiro atoms. The highest BCUT2D eigenvalue weighted by molar-refractivity contribution is 6.04. The van der Waals surface area contributed by atoms with Gasteiger partial charge in [0.1, 0.15) is 17.2 Å². The Kier molecular flexibility index (Phi) is 7.18. The molecule has 1 aromatic carbocycles.